The molecular formula is C11H17NO2. The van der Waals surface area contributed by atoms with E-state index in [1.54, 1.807) is 12.1 Å². The SMILES string of the molecule is OCCCCCNc1cccc(O)c1. The molecule has 0 heterocycles. The zero-order valence-electron chi connectivity index (χ0n) is 8.24. The van der Waals surface area contributed by atoms with Gasteiger partial charge in [-0.25, -0.2) is 0 Å². The summed E-state index contributed by atoms with van der Waals surface area (Å²) >= 11 is 0. The first-order valence-corrected chi connectivity index (χ1v) is 4.96. The molecule has 0 bridgehead atoms. The molecule has 0 fully saturated rings. The lowest BCUT2D eigenvalue weighted by Crippen LogP contribution is -2.01. The normalized spacial score (nSPS) is 10.1. The molecule has 14 heavy (non-hydrogen) atoms. The smallest absolute Gasteiger partial charge is 0.117 e. The van der Waals surface area contributed by atoms with E-state index in [9.17, 15) is 5.11 Å². The van der Waals surface area contributed by atoms with Crippen molar-refractivity contribution < 1.29 is 10.2 Å². The lowest BCUT2D eigenvalue weighted by Gasteiger charge is -2.05. The number of benzene rings is 1. The molecule has 1 rings (SSSR count). The zero-order chi connectivity index (χ0) is 10.2. The molecule has 0 atom stereocenters. The molecule has 0 aromatic heterocycles. The summed E-state index contributed by atoms with van der Waals surface area (Å²) in [5.41, 5.74) is 0.939. The van der Waals surface area contributed by atoms with Gasteiger partial charge in [0.1, 0.15) is 5.75 Å². The Labute approximate surface area is 84.4 Å². The van der Waals surface area contributed by atoms with E-state index in [4.69, 9.17) is 5.11 Å². The molecule has 0 aliphatic carbocycles. The van der Waals surface area contributed by atoms with Crippen LogP contribution in [0.4, 0.5) is 5.69 Å². The van der Waals surface area contributed by atoms with Gasteiger partial charge < -0.3 is 15.5 Å². The summed E-state index contributed by atoms with van der Waals surface area (Å²) in [5.74, 6) is 0.283. The number of nitrogens with one attached hydrogen (secondary N) is 1. The van der Waals surface area contributed by atoms with Crippen molar-refractivity contribution in [3.05, 3.63) is 24.3 Å². The Morgan fingerprint density at radius 2 is 2.00 bits per heavy atom. The van der Waals surface area contributed by atoms with Crippen molar-refractivity contribution in [2.24, 2.45) is 0 Å². The lowest BCUT2D eigenvalue weighted by molar-refractivity contribution is 0.283. The van der Waals surface area contributed by atoms with E-state index in [-0.39, 0.29) is 12.4 Å². The molecule has 0 saturated carbocycles. The van der Waals surface area contributed by atoms with E-state index < -0.39 is 0 Å². The number of anilines is 1. The zero-order valence-corrected chi connectivity index (χ0v) is 8.24. The third kappa shape index (κ3) is 4.14. The van der Waals surface area contributed by atoms with Crippen molar-refractivity contribution in [1.82, 2.24) is 0 Å². The Bertz CT molecular complexity index is 263. The molecular weight excluding hydrogens is 178 g/mol. The lowest BCUT2D eigenvalue weighted by atomic mass is 10.2. The molecule has 0 spiro atoms. The van der Waals surface area contributed by atoms with E-state index in [0.717, 1.165) is 31.5 Å². The van der Waals surface area contributed by atoms with Crippen molar-refractivity contribution in [2.75, 3.05) is 18.5 Å². The Morgan fingerprint density at radius 3 is 2.71 bits per heavy atom. The molecule has 1 aromatic carbocycles. The van der Waals surface area contributed by atoms with Gasteiger partial charge in [0.05, 0.1) is 0 Å². The van der Waals surface area contributed by atoms with Gasteiger partial charge >= 0.3 is 0 Å². The number of phenolic OH excluding ortho intramolecular Hbond substituents is 1. The third-order valence-electron chi connectivity index (χ3n) is 2.01. The van der Waals surface area contributed by atoms with Crippen LogP contribution < -0.4 is 5.32 Å². The van der Waals surface area contributed by atoms with Gasteiger partial charge in [0.15, 0.2) is 0 Å². The van der Waals surface area contributed by atoms with Crippen LogP contribution in [0.3, 0.4) is 0 Å². The van der Waals surface area contributed by atoms with Crippen LogP contribution in [-0.2, 0) is 0 Å². The van der Waals surface area contributed by atoms with Crippen molar-refractivity contribution in [3.63, 3.8) is 0 Å². The quantitative estimate of drug-likeness (QED) is 0.608. The van der Waals surface area contributed by atoms with Crippen LogP contribution >= 0.6 is 0 Å². The number of phenols is 1. The van der Waals surface area contributed by atoms with E-state index in [1.165, 1.54) is 0 Å². The van der Waals surface area contributed by atoms with Gasteiger partial charge in [-0.15, -0.1) is 0 Å². The molecule has 0 aliphatic rings. The van der Waals surface area contributed by atoms with Gasteiger partial charge in [0, 0.05) is 24.9 Å². The fraction of sp³-hybridized carbons (Fsp3) is 0.455. The maximum Gasteiger partial charge on any atom is 0.117 e. The van der Waals surface area contributed by atoms with Gasteiger partial charge in [-0.2, -0.15) is 0 Å². The number of hydrogen-bond acceptors (Lipinski definition) is 3. The van der Waals surface area contributed by atoms with Gasteiger partial charge in [0.25, 0.3) is 0 Å². The van der Waals surface area contributed by atoms with Gasteiger partial charge in [-0.1, -0.05) is 6.07 Å². The number of unbranched alkanes of at least 4 members (excludes halogenated alkanes) is 2. The van der Waals surface area contributed by atoms with Crippen LogP contribution in [0.25, 0.3) is 0 Å². The minimum absolute atomic E-state index is 0.270. The van der Waals surface area contributed by atoms with Crippen molar-refractivity contribution in [2.45, 2.75) is 19.3 Å². The van der Waals surface area contributed by atoms with E-state index >= 15 is 0 Å². The molecule has 0 radical (unpaired) electrons. The van der Waals surface area contributed by atoms with Gasteiger partial charge in [-0.05, 0) is 31.4 Å². The Balaban J connectivity index is 2.18. The van der Waals surface area contributed by atoms with E-state index in [1.807, 2.05) is 12.1 Å². The van der Waals surface area contributed by atoms with Crippen molar-refractivity contribution >= 4 is 5.69 Å². The number of aromatic hydroxyl groups is 1. The summed E-state index contributed by atoms with van der Waals surface area (Å²) in [6.07, 6.45) is 2.93. The van der Waals surface area contributed by atoms with Crippen molar-refractivity contribution in [3.8, 4) is 5.75 Å². The highest BCUT2D eigenvalue weighted by Crippen LogP contribution is 2.15. The maximum absolute atomic E-state index is 9.18. The summed E-state index contributed by atoms with van der Waals surface area (Å²) in [5, 5.41) is 20.9. The van der Waals surface area contributed by atoms with Crippen LogP contribution in [0, 0.1) is 0 Å². The van der Waals surface area contributed by atoms with Crippen LogP contribution in [0.5, 0.6) is 5.75 Å². The van der Waals surface area contributed by atoms with Crippen molar-refractivity contribution in [1.29, 1.82) is 0 Å². The van der Waals surface area contributed by atoms with E-state index in [2.05, 4.69) is 5.32 Å². The maximum atomic E-state index is 9.18. The average molecular weight is 195 g/mol. The molecule has 0 unspecified atom stereocenters. The monoisotopic (exact) mass is 195 g/mol. The number of hydrogen-bond donors (Lipinski definition) is 3. The summed E-state index contributed by atoms with van der Waals surface area (Å²) in [7, 11) is 0. The number of rotatable bonds is 6. The fourth-order valence-electron chi connectivity index (χ4n) is 1.26. The predicted octanol–water partition coefficient (Wildman–Crippen LogP) is 1.97. The van der Waals surface area contributed by atoms with E-state index in [0.29, 0.717) is 0 Å². The summed E-state index contributed by atoms with van der Waals surface area (Å²) in [6, 6.07) is 7.08. The topological polar surface area (TPSA) is 52.5 Å². The first-order chi connectivity index (χ1) is 6.83. The molecule has 0 amide bonds. The Kier molecular flexibility index (Phi) is 4.86. The number of aliphatic hydroxyl groups is 1. The van der Waals surface area contributed by atoms with Gasteiger partial charge in [-0.3, -0.25) is 0 Å². The van der Waals surface area contributed by atoms with Gasteiger partial charge in [0.2, 0.25) is 0 Å². The molecule has 1 aromatic rings. The molecule has 0 aliphatic heterocycles. The van der Waals surface area contributed by atoms with Crippen LogP contribution in [0.2, 0.25) is 0 Å². The standard InChI is InChI=1S/C11H17NO2/c13-8-3-1-2-7-12-10-5-4-6-11(14)9-10/h4-6,9,12-14H,1-3,7-8H2. The first kappa shape index (κ1) is 10.9. The minimum Gasteiger partial charge on any atom is -0.508 e. The average Bonchev–Trinajstić information content (AvgIpc) is 2.18. The Morgan fingerprint density at radius 1 is 1.14 bits per heavy atom. The highest BCUT2D eigenvalue weighted by atomic mass is 16.3. The summed E-state index contributed by atoms with van der Waals surface area (Å²) in [6.45, 7) is 1.15. The van der Waals surface area contributed by atoms with Crippen LogP contribution in [0.1, 0.15) is 19.3 Å². The second kappa shape index (κ2) is 6.27. The second-order valence-electron chi connectivity index (χ2n) is 3.26. The highest BCUT2D eigenvalue weighted by molar-refractivity contribution is 5.47. The second-order valence-corrected chi connectivity index (χ2v) is 3.26. The van der Waals surface area contributed by atoms with Crippen LogP contribution in [-0.4, -0.2) is 23.4 Å². The molecule has 78 valence electrons. The summed E-state index contributed by atoms with van der Waals surface area (Å²) < 4.78 is 0. The largest absolute Gasteiger partial charge is 0.508 e. The molecule has 3 nitrogen and oxygen atoms in total. The molecule has 3 N–H and O–H groups in total. The highest BCUT2D eigenvalue weighted by Gasteiger charge is 1.93. The predicted molar refractivity (Wildman–Crippen MR) is 57.5 cm³/mol. The summed E-state index contributed by atoms with van der Waals surface area (Å²) in [4.78, 5) is 0. The van der Waals surface area contributed by atoms with Crippen LogP contribution in [0.15, 0.2) is 24.3 Å². The Hall–Kier alpha value is -1.22. The third-order valence-corrected chi connectivity index (χ3v) is 2.01. The molecule has 0 saturated heterocycles. The minimum atomic E-state index is 0.270. The first-order valence-electron chi connectivity index (χ1n) is 4.96. The number of aliphatic hydroxyl groups excluding tert-OH is 1. The molecule has 3 heteroatoms. The fourth-order valence-corrected chi connectivity index (χ4v) is 1.26.